The molecule has 0 atom stereocenters. The number of fused-ring (bicyclic) bond motifs is 2. The van der Waals surface area contributed by atoms with Gasteiger partial charge in [-0.05, 0) is 87.3 Å². The number of rotatable bonds is 7. The first-order valence-electron chi connectivity index (χ1n) is 18.8. The van der Waals surface area contributed by atoms with Crippen LogP contribution in [0.5, 0.6) is 0 Å². The molecule has 3 aromatic heterocycles. The molecule has 0 saturated heterocycles. The van der Waals surface area contributed by atoms with Crippen LogP contribution in [0.1, 0.15) is 0 Å². The number of nitrogens with zero attached hydrogens (tertiary/aromatic N) is 4. The van der Waals surface area contributed by atoms with Gasteiger partial charge in [-0.15, -0.1) is 0 Å². The Morgan fingerprint density at radius 1 is 0.286 bits per heavy atom. The summed E-state index contributed by atoms with van der Waals surface area (Å²) in [5.41, 5.74) is 14.5. The van der Waals surface area contributed by atoms with Crippen molar-refractivity contribution in [3.63, 3.8) is 0 Å². The van der Waals surface area contributed by atoms with Gasteiger partial charge in [0.25, 0.3) is 0 Å². The molecule has 0 unspecified atom stereocenters. The second kappa shape index (κ2) is 14.3. The fraction of sp³-hybridized carbons (Fsp3) is 0. The van der Waals surface area contributed by atoms with Crippen LogP contribution in [-0.4, -0.2) is 19.9 Å². The topological polar surface area (TPSA) is 51.6 Å². The van der Waals surface area contributed by atoms with Crippen molar-refractivity contribution < 1.29 is 0 Å². The highest BCUT2D eigenvalue weighted by atomic mass is 14.9. The maximum Gasteiger partial charge on any atom is 0.160 e. The summed E-state index contributed by atoms with van der Waals surface area (Å²) >= 11 is 0. The largest absolute Gasteiger partial charge is 0.256 e. The number of benzene rings is 7. The summed E-state index contributed by atoms with van der Waals surface area (Å²) in [5, 5.41) is 3.33. The van der Waals surface area contributed by atoms with Crippen molar-refractivity contribution in [2.75, 3.05) is 0 Å². The zero-order valence-electron chi connectivity index (χ0n) is 30.4. The Kier molecular flexibility index (Phi) is 8.47. The molecule has 56 heavy (non-hydrogen) atoms. The second-order valence-electron chi connectivity index (χ2n) is 13.9. The van der Waals surface area contributed by atoms with Gasteiger partial charge in [0, 0.05) is 45.4 Å². The van der Waals surface area contributed by atoms with E-state index in [1.807, 2.05) is 42.7 Å². The minimum atomic E-state index is 0.675. The molecule has 262 valence electrons. The monoisotopic (exact) mass is 714 g/mol. The van der Waals surface area contributed by atoms with Gasteiger partial charge in [0.1, 0.15) is 0 Å². The molecule has 0 bridgehead atoms. The smallest absolute Gasteiger partial charge is 0.160 e. The number of pyridine rings is 2. The molecule has 0 amide bonds. The summed E-state index contributed by atoms with van der Waals surface area (Å²) in [5.74, 6) is 0.675. The average Bonchev–Trinajstić information content (AvgIpc) is 3.29. The lowest BCUT2D eigenvalue weighted by Crippen LogP contribution is -1.97. The molecule has 10 rings (SSSR count). The number of hydrogen-bond donors (Lipinski definition) is 0. The molecule has 3 heterocycles. The first-order chi connectivity index (χ1) is 27.7. The van der Waals surface area contributed by atoms with E-state index in [0.717, 1.165) is 89.0 Å². The van der Waals surface area contributed by atoms with E-state index in [2.05, 4.69) is 169 Å². The summed E-state index contributed by atoms with van der Waals surface area (Å²) in [4.78, 5) is 19.9. The third-order valence-electron chi connectivity index (χ3n) is 10.4. The average molecular weight is 715 g/mol. The molecule has 0 radical (unpaired) electrons. The van der Waals surface area contributed by atoms with E-state index in [9.17, 15) is 0 Å². The molecular weight excluding hydrogens is 681 g/mol. The first kappa shape index (κ1) is 33.0. The standard InChI is InChI=1S/C52H34N4/c1-3-11-35(12-4-1)42-26-27-49-47(34-42)51(40-14-5-2-6-15-40)56-52(55-49)45-32-43(36-18-22-39(23-19-36)48-17-9-10-29-53-48)31-44(33-45)37-20-24-41(25-21-37)50-46-16-8-7-13-38(46)28-30-54-50/h1-34H. The Morgan fingerprint density at radius 3 is 1.57 bits per heavy atom. The van der Waals surface area contributed by atoms with Crippen molar-refractivity contribution in [2.24, 2.45) is 0 Å². The number of hydrogen-bond acceptors (Lipinski definition) is 4. The molecule has 7 aromatic carbocycles. The third-order valence-corrected chi connectivity index (χ3v) is 10.4. The zero-order valence-corrected chi connectivity index (χ0v) is 30.4. The zero-order chi connectivity index (χ0) is 37.3. The highest BCUT2D eigenvalue weighted by Crippen LogP contribution is 2.37. The molecular formula is C52H34N4. The van der Waals surface area contributed by atoms with Crippen LogP contribution >= 0.6 is 0 Å². The van der Waals surface area contributed by atoms with Crippen LogP contribution in [-0.2, 0) is 0 Å². The lowest BCUT2D eigenvalue weighted by molar-refractivity contribution is 1.23. The van der Waals surface area contributed by atoms with Gasteiger partial charge in [-0.25, -0.2) is 9.97 Å². The minimum Gasteiger partial charge on any atom is -0.256 e. The highest BCUT2D eigenvalue weighted by molar-refractivity contribution is 5.97. The van der Waals surface area contributed by atoms with Crippen molar-refractivity contribution in [3.8, 4) is 78.5 Å². The molecule has 0 aliphatic heterocycles. The molecule has 0 aliphatic carbocycles. The van der Waals surface area contributed by atoms with Crippen LogP contribution in [0.2, 0.25) is 0 Å². The van der Waals surface area contributed by atoms with E-state index in [0.29, 0.717) is 5.82 Å². The van der Waals surface area contributed by atoms with Crippen molar-refractivity contribution in [1.29, 1.82) is 0 Å². The normalized spacial score (nSPS) is 11.2. The first-order valence-corrected chi connectivity index (χ1v) is 18.8. The van der Waals surface area contributed by atoms with Crippen molar-refractivity contribution in [2.45, 2.75) is 0 Å². The Bertz CT molecular complexity index is 2970. The summed E-state index contributed by atoms with van der Waals surface area (Å²) in [6.07, 6.45) is 3.71. The lowest BCUT2D eigenvalue weighted by Gasteiger charge is -2.14. The molecule has 0 saturated carbocycles. The third kappa shape index (κ3) is 6.40. The maximum atomic E-state index is 5.35. The minimum absolute atomic E-state index is 0.675. The van der Waals surface area contributed by atoms with Gasteiger partial charge in [0.2, 0.25) is 0 Å². The van der Waals surface area contributed by atoms with Crippen LogP contribution in [0, 0.1) is 0 Å². The lowest BCUT2D eigenvalue weighted by atomic mass is 9.94. The summed E-state index contributed by atoms with van der Waals surface area (Å²) in [6, 6.07) is 67.8. The summed E-state index contributed by atoms with van der Waals surface area (Å²) in [7, 11) is 0. The van der Waals surface area contributed by atoms with Crippen LogP contribution < -0.4 is 0 Å². The molecule has 0 N–H and O–H groups in total. The molecule has 10 aromatic rings. The quantitative estimate of drug-likeness (QED) is 0.165. The predicted molar refractivity (Wildman–Crippen MR) is 231 cm³/mol. The maximum absolute atomic E-state index is 5.35. The second-order valence-corrected chi connectivity index (χ2v) is 13.9. The summed E-state index contributed by atoms with van der Waals surface area (Å²) in [6.45, 7) is 0. The van der Waals surface area contributed by atoms with Crippen molar-refractivity contribution in [3.05, 3.63) is 207 Å². The van der Waals surface area contributed by atoms with Crippen molar-refractivity contribution in [1.82, 2.24) is 19.9 Å². The van der Waals surface area contributed by atoms with Gasteiger partial charge in [-0.1, -0.05) is 146 Å². The van der Waals surface area contributed by atoms with Crippen molar-refractivity contribution >= 4 is 21.7 Å². The van der Waals surface area contributed by atoms with Gasteiger partial charge >= 0.3 is 0 Å². The van der Waals surface area contributed by atoms with E-state index in [1.54, 1.807) is 0 Å². The molecule has 4 heteroatoms. The van der Waals surface area contributed by atoms with E-state index in [1.165, 1.54) is 5.39 Å². The van der Waals surface area contributed by atoms with Crippen LogP contribution in [0.3, 0.4) is 0 Å². The highest BCUT2D eigenvalue weighted by Gasteiger charge is 2.16. The fourth-order valence-electron chi connectivity index (χ4n) is 7.51. The van der Waals surface area contributed by atoms with Gasteiger partial charge in [0.05, 0.1) is 22.6 Å². The van der Waals surface area contributed by atoms with Gasteiger partial charge in [-0.3, -0.25) is 9.97 Å². The van der Waals surface area contributed by atoms with E-state index >= 15 is 0 Å². The van der Waals surface area contributed by atoms with Crippen LogP contribution in [0.25, 0.3) is 100 Å². The molecule has 0 fully saturated rings. The molecule has 4 nitrogen and oxygen atoms in total. The van der Waals surface area contributed by atoms with Gasteiger partial charge in [-0.2, -0.15) is 0 Å². The predicted octanol–water partition coefficient (Wildman–Crippen LogP) is 13.2. The Morgan fingerprint density at radius 2 is 0.857 bits per heavy atom. The van der Waals surface area contributed by atoms with Gasteiger partial charge in [0.15, 0.2) is 5.82 Å². The Hall–Kier alpha value is -7.56. The Balaban J connectivity index is 1.13. The van der Waals surface area contributed by atoms with Gasteiger partial charge < -0.3 is 0 Å². The fourth-order valence-corrected chi connectivity index (χ4v) is 7.51. The van der Waals surface area contributed by atoms with Crippen LogP contribution in [0.4, 0.5) is 0 Å². The number of aromatic nitrogens is 4. The van der Waals surface area contributed by atoms with E-state index in [4.69, 9.17) is 15.0 Å². The summed E-state index contributed by atoms with van der Waals surface area (Å²) < 4.78 is 0. The molecule has 0 spiro atoms. The van der Waals surface area contributed by atoms with E-state index < -0.39 is 0 Å². The van der Waals surface area contributed by atoms with Crippen LogP contribution in [0.15, 0.2) is 207 Å². The molecule has 0 aliphatic rings. The SMILES string of the molecule is c1ccc(-c2ccc3nc(-c4cc(-c5ccc(-c6ccccn6)cc5)cc(-c5ccc(-c6nccc7ccccc67)cc5)c4)nc(-c4ccccc4)c3c2)cc1. The van der Waals surface area contributed by atoms with E-state index in [-0.39, 0.29) is 0 Å². The Labute approximate surface area is 325 Å².